The van der Waals surface area contributed by atoms with Crippen LogP contribution in [0.3, 0.4) is 0 Å². The Morgan fingerprint density at radius 1 is 1.23 bits per heavy atom. The van der Waals surface area contributed by atoms with Crippen molar-refractivity contribution >= 4 is 17.4 Å². The zero-order valence-electron chi connectivity index (χ0n) is 11.9. The first-order valence-electron chi connectivity index (χ1n) is 6.66. The van der Waals surface area contributed by atoms with E-state index in [1.54, 1.807) is 18.3 Å². The Morgan fingerprint density at radius 2 is 2.09 bits per heavy atom. The lowest BCUT2D eigenvalue weighted by molar-refractivity contribution is -0.114. The molecule has 3 N–H and O–H groups in total. The number of pyridine rings is 1. The molecule has 22 heavy (non-hydrogen) atoms. The van der Waals surface area contributed by atoms with E-state index in [2.05, 4.69) is 20.6 Å². The summed E-state index contributed by atoms with van der Waals surface area (Å²) in [7, 11) is 0. The van der Waals surface area contributed by atoms with Gasteiger partial charge in [-0.2, -0.15) is 4.68 Å². The number of nitrogens with zero attached hydrogens (tertiary/aromatic N) is 4. The number of rotatable bonds is 3. The lowest BCUT2D eigenvalue weighted by Gasteiger charge is -2.06. The lowest BCUT2D eigenvalue weighted by Crippen LogP contribution is -2.07. The van der Waals surface area contributed by atoms with Gasteiger partial charge in [-0.05, 0) is 30.3 Å². The minimum absolute atomic E-state index is 0.141. The minimum atomic E-state index is -0.141. The summed E-state index contributed by atoms with van der Waals surface area (Å²) in [6.07, 6.45) is 1.67. The van der Waals surface area contributed by atoms with Crippen LogP contribution in [0.4, 0.5) is 11.5 Å². The normalized spacial score (nSPS) is 10.4. The van der Waals surface area contributed by atoms with Crippen LogP contribution in [0.5, 0.6) is 0 Å². The summed E-state index contributed by atoms with van der Waals surface area (Å²) in [5.74, 6) is 0.247. The maximum Gasteiger partial charge on any atom is 0.221 e. The highest BCUT2D eigenvalue weighted by Gasteiger charge is 2.14. The van der Waals surface area contributed by atoms with Crippen LogP contribution in [-0.4, -0.2) is 25.9 Å². The fraction of sp³-hybridized carbons (Fsp3) is 0.0667. The third-order valence-corrected chi connectivity index (χ3v) is 3.02. The first-order chi connectivity index (χ1) is 10.6. The smallest absolute Gasteiger partial charge is 0.221 e. The summed E-state index contributed by atoms with van der Waals surface area (Å²) in [6.45, 7) is 1.45. The SMILES string of the molecule is CC(=O)Nc1cccc(-n2nnc(-c3ccccn3)c2N)c1. The molecule has 7 nitrogen and oxygen atoms in total. The molecule has 110 valence electrons. The van der Waals surface area contributed by atoms with Gasteiger partial charge in [0, 0.05) is 18.8 Å². The standard InChI is InChI=1S/C15H14N6O/c1-10(22)18-11-5-4-6-12(9-11)21-15(16)14(19-20-21)13-7-2-3-8-17-13/h2-9H,16H2,1H3,(H,18,22). The fourth-order valence-electron chi connectivity index (χ4n) is 2.08. The Morgan fingerprint density at radius 3 is 2.82 bits per heavy atom. The van der Waals surface area contributed by atoms with Gasteiger partial charge in [0.15, 0.2) is 11.5 Å². The monoisotopic (exact) mass is 294 g/mol. The highest BCUT2D eigenvalue weighted by atomic mass is 16.1. The van der Waals surface area contributed by atoms with Crippen molar-refractivity contribution in [3.63, 3.8) is 0 Å². The van der Waals surface area contributed by atoms with Crippen molar-refractivity contribution in [2.45, 2.75) is 6.92 Å². The van der Waals surface area contributed by atoms with E-state index in [-0.39, 0.29) is 5.91 Å². The molecule has 0 saturated heterocycles. The van der Waals surface area contributed by atoms with E-state index < -0.39 is 0 Å². The number of anilines is 2. The minimum Gasteiger partial charge on any atom is -0.382 e. The fourth-order valence-corrected chi connectivity index (χ4v) is 2.08. The van der Waals surface area contributed by atoms with Crippen molar-refractivity contribution < 1.29 is 4.79 Å². The van der Waals surface area contributed by atoms with E-state index in [1.165, 1.54) is 11.6 Å². The van der Waals surface area contributed by atoms with E-state index in [0.717, 1.165) is 0 Å². The van der Waals surface area contributed by atoms with Gasteiger partial charge < -0.3 is 11.1 Å². The van der Waals surface area contributed by atoms with Crippen molar-refractivity contribution in [1.82, 2.24) is 20.0 Å². The summed E-state index contributed by atoms with van der Waals surface area (Å²) in [5.41, 5.74) is 8.68. The zero-order chi connectivity index (χ0) is 15.5. The summed E-state index contributed by atoms with van der Waals surface area (Å²) >= 11 is 0. The number of nitrogens with two attached hydrogens (primary N) is 1. The molecule has 1 aromatic carbocycles. The number of carbonyl (C=O) groups is 1. The van der Waals surface area contributed by atoms with Crippen LogP contribution in [0.2, 0.25) is 0 Å². The highest BCUT2D eigenvalue weighted by molar-refractivity contribution is 5.89. The Hall–Kier alpha value is -3.22. The predicted octanol–water partition coefficient (Wildman–Crippen LogP) is 1.87. The summed E-state index contributed by atoms with van der Waals surface area (Å²) in [6, 6.07) is 12.7. The third kappa shape index (κ3) is 2.64. The number of aromatic nitrogens is 4. The molecular weight excluding hydrogens is 280 g/mol. The van der Waals surface area contributed by atoms with Crippen molar-refractivity contribution in [2.75, 3.05) is 11.1 Å². The Balaban J connectivity index is 2.00. The summed E-state index contributed by atoms with van der Waals surface area (Å²) < 4.78 is 1.51. The van der Waals surface area contributed by atoms with Crippen LogP contribution < -0.4 is 11.1 Å². The highest BCUT2D eigenvalue weighted by Crippen LogP contribution is 2.24. The molecule has 3 aromatic rings. The van der Waals surface area contributed by atoms with Gasteiger partial charge in [-0.3, -0.25) is 9.78 Å². The molecule has 0 aliphatic rings. The molecule has 0 atom stereocenters. The van der Waals surface area contributed by atoms with Gasteiger partial charge in [-0.25, -0.2) is 0 Å². The van der Waals surface area contributed by atoms with Crippen LogP contribution in [0.25, 0.3) is 17.1 Å². The third-order valence-electron chi connectivity index (χ3n) is 3.02. The van der Waals surface area contributed by atoms with E-state index in [0.29, 0.717) is 28.6 Å². The topological polar surface area (TPSA) is 98.7 Å². The van der Waals surface area contributed by atoms with Crippen LogP contribution in [0.1, 0.15) is 6.92 Å². The lowest BCUT2D eigenvalue weighted by atomic mass is 10.2. The number of hydrogen-bond acceptors (Lipinski definition) is 5. The van der Waals surface area contributed by atoms with Gasteiger partial charge in [-0.1, -0.05) is 17.3 Å². The second kappa shape index (κ2) is 5.65. The molecule has 0 bridgehead atoms. The zero-order valence-corrected chi connectivity index (χ0v) is 11.9. The number of benzene rings is 1. The molecule has 2 aromatic heterocycles. The molecule has 0 aliphatic carbocycles. The van der Waals surface area contributed by atoms with Gasteiger partial charge >= 0.3 is 0 Å². The Labute approximate surface area is 126 Å². The summed E-state index contributed by atoms with van der Waals surface area (Å²) in [5, 5.41) is 10.9. The van der Waals surface area contributed by atoms with E-state index in [1.807, 2.05) is 30.3 Å². The quantitative estimate of drug-likeness (QED) is 0.768. The largest absolute Gasteiger partial charge is 0.382 e. The molecule has 3 rings (SSSR count). The van der Waals surface area contributed by atoms with Crippen molar-refractivity contribution in [2.24, 2.45) is 0 Å². The molecule has 0 unspecified atom stereocenters. The van der Waals surface area contributed by atoms with Crippen LogP contribution >= 0.6 is 0 Å². The molecule has 0 radical (unpaired) electrons. The molecule has 2 heterocycles. The van der Waals surface area contributed by atoms with E-state index in [9.17, 15) is 4.79 Å². The molecule has 0 saturated carbocycles. The van der Waals surface area contributed by atoms with Crippen molar-refractivity contribution in [3.8, 4) is 17.1 Å². The first-order valence-corrected chi connectivity index (χ1v) is 6.66. The Kier molecular flexibility index (Phi) is 3.53. The maximum absolute atomic E-state index is 11.1. The average molecular weight is 294 g/mol. The van der Waals surface area contributed by atoms with Gasteiger partial charge in [0.05, 0.1) is 11.4 Å². The first kappa shape index (κ1) is 13.7. The molecule has 0 spiro atoms. The molecule has 7 heteroatoms. The number of hydrogen-bond donors (Lipinski definition) is 2. The predicted molar refractivity (Wildman–Crippen MR) is 83.3 cm³/mol. The Bertz CT molecular complexity index is 812. The molecular formula is C15H14N6O. The molecule has 0 aliphatic heterocycles. The van der Waals surface area contributed by atoms with Crippen LogP contribution in [-0.2, 0) is 4.79 Å². The molecule has 0 fully saturated rings. The maximum atomic E-state index is 11.1. The van der Waals surface area contributed by atoms with Crippen LogP contribution in [0.15, 0.2) is 48.7 Å². The van der Waals surface area contributed by atoms with Gasteiger partial charge in [0.25, 0.3) is 0 Å². The van der Waals surface area contributed by atoms with Crippen molar-refractivity contribution in [3.05, 3.63) is 48.7 Å². The van der Waals surface area contributed by atoms with Gasteiger partial charge in [0.1, 0.15) is 0 Å². The number of amides is 1. The van der Waals surface area contributed by atoms with Crippen LogP contribution in [0, 0.1) is 0 Å². The average Bonchev–Trinajstić information content (AvgIpc) is 2.89. The van der Waals surface area contributed by atoms with Gasteiger partial charge in [0.2, 0.25) is 5.91 Å². The number of carbonyl (C=O) groups excluding carboxylic acids is 1. The number of nitrogen functional groups attached to an aromatic ring is 1. The second-order valence-corrected chi connectivity index (χ2v) is 4.68. The van der Waals surface area contributed by atoms with E-state index in [4.69, 9.17) is 5.73 Å². The molecule has 1 amide bonds. The van der Waals surface area contributed by atoms with Gasteiger partial charge in [-0.15, -0.1) is 5.10 Å². The summed E-state index contributed by atoms with van der Waals surface area (Å²) in [4.78, 5) is 15.4. The van der Waals surface area contributed by atoms with Crippen molar-refractivity contribution in [1.29, 1.82) is 0 Å². The van der Waals surface area contributed by atoms with E-state index >= 15 is 0 Å². The number of nitrogens with one attached hydrogen (secondary N) is 1. The second-order valence-electron chi connectivity index (χ2n) is 4.68.